The van der Waals surface area contributed by atoms with E-state index in [2.05, 4.69) is 11.4 Å². The molecule has 0 amide bonds. The summed E-state index contributed by atoms with van der Waals surface area (Å²) in [4.78, 5) is 18.1. The van der Waals surface area contributed by atoms with Crippen LogP contribution >= 0.6 is 23.1 Å². The molecule has 0 fully saturated rings. The first-order valence-corrected chi connectivity index (χ1v) is 9.63. The zero-order valence-corrected chi connectivity index (χ0v) is 15.1. The number of rotatable bonds is 2. The molecule has 0 radical (unpaired) electrons. The van der Waals surface area contributed by atoms with Gasteiger partial charge in [0.25, 0.3) is 0 Å². The minimum atomic E-state index is -0.551. The lowest BCUT2D eigenvalue weighted by atomic mass is 10.0. The Bertz CT molecular complexity index is 1010. The third kappa shape index (κ3) is 3.15. The van der Waals surface area contributed by atoms with Crippen LogP contribution in [0.1, 0.15) is 28.6 Å². The van der Waals surface area contributed by atoms with Crippen molar-refractivity contribution in [2.75, 3.05) is 0 Å². The second kappa shape index (κ2) is 6.54. The van der Waals surface area contributed by atoms with E-state index >= 15 is 0 Å². The zero-order valence-electron chi connectivity index (χ0n) is 13.4. The van der Waals surface area contributed by atoms with Crippen LogP contribution in [0.4, 0.5) is 5.69 Å². The van der Waals surface area contributed by atoms with E-state index in [4.69, 9.17) is 9.41 Å². The lowest BCUT2D eigenvalue weighted by Crippen LogP contribution is -2.16. The molecule has 2 aromatic heterocycles. The first-order chi connectivity index (χ1) is 12.1. The number of hydrogen-bond donors (Lipinski definition) is 1. The van der Waals surface area contributed by atoms with E-state index < -0.39 is 5.63 Å². The van der Waals surface area contributed by atoms with Gasteiger partial charge in [0.2, 0.25) is 0 Å². The average Bonchev–Trinajstić information content (AvgIpc) is 3.02. The van der Waals surface area contributed by atoms with Crippen molar-refractivity contribution in [3.8, 4) is 5.75 Å². The summed E-state index contributed by atoms with van der Waals surface area (Å²) in [6, 6.07) is 11.4. The molecular weight excluding hydrogens is 354 g/mol. The maximum Gasteiger partial charge on any atom is 0.348 e. The van der Waals surface area contributed by atoms with Gasteiger partial charge in [-0.15, -0.1) is 11.8 Å². The molecule has 0 saturated carbocycles. The highest BCUT2D eigenvalue weighted by molar-refractivity contribution is 7.99. The Labute approximate surface area is 152 Å². The molecule has 0 bridgehead atoms. The maximum absolute atomic E-state index is 12.4. The quantitative estimate of drug-likeness (QED) is 0.685. The molecule has 3 heterocycles. The lowest BCUT2D eigenvalue weighted by Gasteiger charge is -2.14. The van der Waals surface area contributed by atoms with E-state index in [1.807, 2.05) is 29.6 Å². The highest BCUT2D eigenvalue weighted by Crippen LogP contribution is 2.46. The number of benzene rings is 1. The number of aromatic hydroxyl groups is 1. The van der Waals surface area contributed by atoms with E-state index in [0.29, 0.717) is 17.9 Å². The topological polar surface area (TPSA) is 62.8 Å². The van der Waals surface area contributed by atoms with Gasteiger partial charge in [-0.2, -0.15) is 11.3 Å². The van der Waals surface area contributed by atoms with Crippen LogP contribution in [0.3, 0.4) is 0 Å². The van der Waals surface area contributed by atoms with E-state index in [-0.39, 0.29) is 16.6 Å². The zero-order chi connectivity index (χ0) is 17.4. The summed E-state index contributed by atoms with van der Waals surface area (Å²) in [5.74, 6) is 0.297. The molecule has 0 spiro atoms. The average molecular weight is 369 g/mol. The molecule has 25 heavy (non-hydrogen) atoms. The van der Waals surface area contributed by atoms with Crippen LogP contribution in [0.25, 0.3) is 0 Å². The summed E-state index contributed by atoms with van der Waals surface area (Å²) in [5, 5.41) is 14.6. The van der Waals surface area contributed by atoms with Gasteiger partial charge in [-0.25, -0.2) is 4.79 Å². The van der Waals surface area contributed by atoms with Crippen molar-refractivity contribution >= 4 is 34.5 Å². The van der Waals surface area contributed by atoms with Gasteiger partial charge in [0.15, 0.2) is 0 Å². The van der Waals surface area contributed by atoms with Gasteiger partial charge < -0.3 is 9.52 Å². The predicted molar refractivity (Wildman–Crippen MR) is 102 cm³/mol. The third-order valence-electron chi connectivity index (χ3n) is 4.03. The molecule has 1 N–H and O–H groups in total. The third-order valence-corrected chi connectivity index (χ3v) is 6.05. The monoisotopic (exact) mass is 369 g/mol. The molecule has 4 rings (SSSR count). The lowest BCUT2D eigenvalue weighted by molar-refractivity contribution is 0.432. The largest absolute Gasteiger partial charge is 0.507 e. The first kappa shape index (κ1) is 16.2. The van der Waals surface area contributed by atoms with Crippen LogP contribution < -0.4 is 5.63 Å². The predicted octanol–water partition coefficient (Wildman–Crippen LogP) is 5.07. The molecule has 1 aliphatic rings. The van der Waals surface area contributed by atoms with Gasteiger partial charge in [0.05, 0.1) is 11.4 Å². The van der Waals surface area contributed by atoms with Crippen molar-refractivity contribution < 1.29 is 9.52 Å². The fourth-order valence-corrected chi connectivity index (χ4v) is 4.90. The minimum Gasteiger partial charge on any atom is -0.507 e. The smallest absolute Gasteiger partial charge is 0.348 e. The molecule has 0 saturated heterocycles. The van der Waals surface area contributed by atoms with Crippen molar-refractivity contribution in [2.24, 2.45) is 4.99 Å². The van der Waals surface area contributed by atoms with Crippen LogP contribution in [-0.2, 0) is 0 Å². The Kier molecular flexibility index (Phi) is 4.23. The molecule has 1 atom stereocenters. The van der Waals surface area contributed by atoms with Crippen molar-refractivity contribution in [1.29, 1.82) is 0 Å². The highest BCUT2D eigenvalue weighted by atomic mass is 32.2. The highest BCUT2D eigenvalue weighted by Gasteiger charge is 2.26. The number of thiophene rings is 1. The Hall–Kier alpha value is -2.31. The second-order valence-corrected chi connectivity index (χ2v) is 7.82. The van der Waals surface area contributed by atoms with E-state index in [0.717, 1.165) is 10.6 Å². The molecule has 6 heteroatoms. The van der Waals surface area contributed by atoms with Crippen LogP contribution in [0.2, 0.25) is 0 Å². The molecule has 3 aromatic rings. The number of para-hydroxylation sites is 1. The van der Waals surface area contributed by atoms with Crippen LogP contribution in [0, 0.1) is 6.92 Å². The number of nitrogens with zero attached hydrogens (tertiary/aromatic N) is 1. The first-order valence-electron chi connectivity index (χ1n) is 7.81. The fourth-order valence-electron chi connectivity index (χ4n) is 2.87. The SMILES string of the molecule is Cc1cc(O)c(C2=Nc3ccccc3SC(c3ccsc3)C2)c(=O)o1. The molecule has 126 valence electrons. The number of thioether (sulfide) groups is 1. The van der Waals surface area contributed by atoms with Crippen LogP contribution in [0.5, 0.6) is 5.75 Å². The Morgan fingerprint density at radius 3 is 2.88 bits per heavy atom. The fraction of sp³-hybridized carbons (Fsp3) is 0.158. The van der Waals surface area contributed by atoms with Crippen molar-refractivity contribution in [2.45, 2.75) is 23.5 Å². The Balaban J connectivity index is 1.89. The summed E-state index contributed by atoms with van der Waals surface area (Å²) in [6.45, 7) is 1.64. The maximum atomic E-state index is 12.4. The normalized spacial score (nSPS) is 16.8. The second-order valence-electron chi connectivity index (χ2n) is 5.80. The van der Waals surface area contributed by atoms with Crippen molar-refractivity contribution in [1.82, 2.24) is 0 Å². The molecular formula is C19H15NO3S2. The van der Waals surface area contributed by atoms with E-state index in [1.165, 1.54) is 11.6 Å². The number of hydrogen-bond acceptors (Lipinski definition) is 6. The standard InChI is InChI=1S/C19H15NO3S2/c1-11-8-15(21)18(19(22)23-11)14-9-17(12-6-7-24-10-12)25-16-5-3-2-4-13(16)20-14/h2-8,10,17,21H,9H2,1H3. The summed E-state index contributed by atoms with van der Waals surface area (Å²) < 4.78 is 5.20. The Morgan fingerprint density at radius 2 is 2.12 bits per heavy atom. The molecule has 0 aliphatic carbocycles. The van der Waals surface area contributed by atoms with Gasteiger partial charge in [-0.1, -0.05) is 12.1 Å². The van der Waals surface area contributed by atoms with Gasteiger partial charge in [-0.05, 0) is 41.4 Å². The molecule has 1 aliphatic heterocycles. The van der Waals surface area contributed by atoms with Crippen molar-refractivity contribution in [3.05, 3.63) is 74.5 Å². The van der Waals surface area contributed by atoms with Crippen molar-refractivity contribution in [3.63, 3.8) is 0 Å². The summed E-state index contributed by atoms with van der Waals surface area (Å²) in [6.07, 6.45) is 0.539. The van der Waals surface area contributed by atoms with Gasteiger partial charge >= 0.3 is 5.63 Å². The van der Waals surface area contributed by atoms with E-state index in [1.54, 1.807) is 30.0 Å². The minimum absolute atomic E-state index is 0.0825. The van der Waals surface area contributed by atoms with Gasteiger partial charge in [0, 0.05) is 22.6 Å². The molecule has 1 unspecified atom stereocenters. The number of aryl methyl sites for hydroxylation is 1. The van der Waals surface area contributed by atoms with E-state index in [9.17, 15) is 9.90 Å². The Morgan fingerprint density at radius 1 is 1.28 bits per heavy atom. The van der Waals surface area contributed by atoms with Crippen LogP contribution in [0.15, 0.2) is 66.3 Å². The summed E-state index contributed by atoms with van der Waals surface area (Å²) in [5.41, 5.74) is 2.16. The summed E-state index contributed by atoms with van der Waals surface area (Å²) in [7, 11) is 0. The van der Waals surface area contributed by atoms with Gasteiger partial charge in [-0.3, -0.25) is 4.99 Å². The van der Waals surface area contributed by atoms with Crippen LogP contribution in [-0.4, -0.2) is 10.8 Å². The number of aliphatic imine (C=N–C) groups is 1. The molecule has 4 nitrogen and oxygen atoms in total. The van der Waals surface area contributed by atoms with Gasteiger partial charge in [0.1, 0.15) is 17.1 Å². The summed E-state index contributed by atoms with van der Waals surface area (Å²) >= 11 is 3.37. The number of fused-ring (bicyclic) bond motifs is 1. The molecule has 1 aromatic carbocycles.